The number of halogens is 3. The van der Waals surface area contributed by atoms with Crippen LogP contribution in [0.5, 0.6) is 0 Å². The van der Waals surface area contributed by atoms with Gasteiger partial charge in [0.05, 0.1) is 5.02 Å². The normalized spacial score (nSPS) is 10.3. The number of carbonyl (C=O) groups excluding carboxylic acids is 1. The highest BCUT2D eigenvalue weighted by Gasteiger charge is 2.06. The Labute approximate surface area is 125 Å². The van der Waals surface area contributed by atoms with Gasteiger partial charge in [-0.1, -0.05) is 29.3 Å². The van der Waals surface area contributed by atoms with E-state index in [1.54, 1.807) is 18.2 Å². The number of amides is 1. The minimum Gasteiger partial charge on any atom is -0.381 e. The molecule has 6 heteroatoms. The summed E-state index contributed by atoms with van der Waals surface area (Å²) in [6.07, 6.45) is 0. The van der Waals surface area contributed by atoms with E-state index in [4.69, 9.17) is 28.9 Å². The average Bonchev–Trinajstić information content (AvgIpc) is 2.41. The Morgan fingerprint density at radius 1 is 1.15 bits per heavy atom. The molecule has 1 amide bonds. The Bertz CT molecular complexity index is 662. The minimum atomic E-state index is -0.536. The maximum atomic E-state index is 13.3. The van der Waals surface area contributed by atoms with Gasteiger partial charge in [-0.15, -0.1) is 0 Å². The third-order valence-corrected chi connectivity index (χ3v) is 3.40. The molecule has 0 atom stereocenters. The van der Waals surface area contributed by atoms with Gasteiger partial charge in [-0.3, -0.25) is 4.79 Å². The summed E-state index contributed by atoms with van der Waals surface area (Å²) in [5.74, 6) is -1.03. The van der Waals surface area contributed by atoms with Crippen LogP contribution >= 0.6 is 23.2 Å². The maximum Gasteiger partial charge on any atom is 0.248 e. The van der Waals surface area contributed by atoms with Gasteiger partial charge in [0.1, 0.15) is 5.82 Å². The molecule has 0 saturated carbocycles. The summed E-state index contributed by atoms with van der Waals surface area (Å²) in [6, 6.07) is 9.22. The molecule has 2 aromatic carbocycles. The van der Waals surface area contributed by atoms with Gasteiger partial charge in [0.2, 0.25) is 5.91 Å². The van der Waals surface area contributed by atoms with Crippen molar-refractivity contribution in [1.29, 1.82) is 0 Å². The summed E-state index contributed by atoms with van der Waals surface area (Å²) in [5.41, 5.74) is 6.86. The molecule has 0 spiro atoms. The molecule has 0 aromatic heterocycles. The lowest BCUT2D eigenvalue weighted by molar-refractivity contribution is 0.100. The zero-order valence-corrected chi connectivity index (χ0v) is 11.8. The molecule has 0 heterocycles. The number of nitrogens with one attached hydrogen (secondary N) is 1. The summed E-state index contributed by atoms with van der Waals surface area (Å²) in [4.78, 5) is 11.0. The Morgan fingerprint density at radius 2 is 1.90 bits per heavy atom. The topological polar surface area (TPSA) is 55.1 Å². The molecule has 3 N–H and O–H groups in total. The summed E-state index contributed by atoms with van der Waals surface area (Å²) in [7, 11) is 0. The van der Waals surface area contributed by atoms with Gasteiger partial charge in [-0.05, 0) is 35.9 Å². The van der Waals surface area contributed by atoms with Crippen LogP contribution in [-0.4, -0.2) is 5.91 Å². The highest BCUT2D eigenvalue weighted by Crippen LogP contribution is 2.22. The molecule has 0 aliphatic carbocycles. The van der Waals surface area contributed by atoms with Crippen molar-refractivity contribution in [2.45, 2.75) is 6.54 Å². The average molecular weight is 313 g/mol. The van der Waals surface area contributed by atoms with Crippen molar-refractivity contribution >= 4 is 34.8 Å². The van der Waals surface area contributed by atoms with Crippen LogP contribution in [0.1, 0.15) is 15.9 Å². The van der Waals surface area contributed by atoms with Crippen molar-refractivity contribution < 1.29 is 9.18 Å². The molecule has 104 valence electrons. The fourth-order valence-electron chi connectivity index (χ4n) is 1.65. The quantitative estimate of drug-likeness (QED) is 0.901. The van der Waals surface area contributed by atoms with Crippen LogP contribution in [-0.2, 0) is 6.54 Å². The van der Waals surface area contributed by atoms with E-state index < -0.39 is 11.7 Å². The van der Waals surface area contributed by atoms with Gasteiger partial charge < -0.3 is 11.1 Å². The highest BCUT2D eigenvalue weighted by atomic mass is 35.5. The number of rotatable bonds is 4. The summed E-state index contributed by atoms with van der Waals surface area (Å²) >= 11 is 11.7. The molecule has 2 aromatic rings. The van der Waals surface area contributed by atoms with Crippen molar-refractivity contribution in [3.8, 4) is 0 Å². The van der Waals surface area contributed by atoms with Gasteiger partial charge in [0, 0.05) is 22.8 Å². The smallest absolute Gasteiger partial charge is 0.248 e. The number of primary amides is 1. The third kappa shape index (κ3) is 3.40. The van der Waals surface area contributed by atoms with Crippen molar-refractivity contribution in [1.82, 2.24) is 0 Å². The molecule has 0 aliphatic rings. The maximum absolute atomic E-state index is 13.3. The minimum absolute atomic E-state index is 0.0689. The van der Waals surface area contributed by atoms with E-state index in [0.29, 0.717) is 22.8 Å². The van der Waals surface area contributed by atoms with E-state index in [2.05, 4.69) is 5.32 Å². The molecular weight excluding hydrogens is 302 g/mol. The summed E-state index contributed by atoms with van der Waals surface area (Å²) in [5, 5.41) is 3.51. The fourth-order valence-corrected chi connectivity index (χ4v) is 2.01. The van der Waals surface area contributed by atoms with E-state index in [1.165, 1.54) is 18.2 Å². The third-order valence-electron chi connectivity index (χ3n) is 2.74. The van der Waals surface area contributed by atoms with E-state index in [9.17, 15) is 9.18 Å². The van der Waals surface area contributed by atoms with Crippen molar-refractivity contribution in [2.24, 2.45) is 5.73 Å². The second-order valence-corrected chi connectivity index (χ2v) is 4.97. The van der Waals surface area contributed by atoms with Crippen LogP contribution in [0, 0.1) is 5.82 Å². The molecule has 0 bridgehead atoms. The first-order chi connectivity index (χ1) is 9.47. The Kier molecular flexibility index (Phi) is 4.47. The van der Waals surface area contributed by atoms with Crippen LogP contribution in [0.2, 0.25) is 10.0 Å². The number of anilines is 1. The fraction of sp³-hybridized carbons (Fsp3) is 0.0714. The first kappa shape index (κ1) is 14.6. The lowest BCUT2D eigenvalue weighted by Crippen LogP contribution is -2.11. The Morgan fingerprint density at radius 3 is 2.50 bits per heavy atom. The number of hydrogen-bond donors (Lipinski definition) is 2. The molecule has 0 fully saturated rings. The molecule has 0 radical (unpaired) electrons. The second-order valence-electron chi connectivity index (χ2n) is 4.15. The number of hydrogen-bond acceptors (Lipinski definition) is 2. The summed E-state index contributed by atoms with van der Waals surface area (Å²) in [6.45, 7) is 0.388. The van der Waals surface area contributed by atoms with Gasteiger partial charge in [-0.2, -0.15) is 0 Å². The van der Waals surface area contributed by atoms with E-state index in [1.807, 2.05) is 0 Å². The predicted octanol–water partition coefficient (Wildman–Crippen LogP) is 3.84. The zero-order valence-electron chi connectivity index (χ0n) is 10.3. The van der Waals surface area contributed by atoms with Gasteiger partial charge >= 0.3 is 0 Å². The number of carbonyl (C=O) groups is 1. The van der Waals surface area contributed by atoms with Gasteiger partial charge in [0.15, 0.2) is 0 Å². The molecule has 2 rings (SSSR count). The zero-order chi connectivity index (χ0) is 14.7. The SMILES string of the molecule is NC(=O)c1ccc(CNc2ccc(Cl)c(F)c2)c(Cl)c1. The molecule has 20 heavy (non-hydrogen) atoms. The Hall–Kier alpha value is -1.78. The second kappa shape index (κ2) is 6.11. The van der Waals surface area contributed by atoms with Gasteiger partial charge in [-0.25, -0.2) is 4.39 Å². The Balaban J connectivity index is 2.10. The van der Waals surface area contributed by atoms with E-state index in [0.717, 1.165) is 5.56 Å². The van der Waals surface area contributed by atoms with Gasteiger partial charge in [0.25, 0.3) is 0 Å². The van der Waals surface area contributed by atoms with Crippen molar-refractivity contribution in [2.75, 3.05) is 5.32 Å². The highest BCUT2D eigenvalue weighted by molar-refractivity contribution is 6.31. The molecule has 3 nitrogen and oxygen atoms in total. The van der Waals surface area contributed by atoms with E-state index in [-0.39, 0.29) is 5.02 Å². The van der Waals surface area contributed by atoms with Crippen LogP contribution < -0.4 is 11.1 Å². The molecule has 0 saturated heterocycles. The first-order valence-corrected chi connectivity index (χ1v) is 6.50. The monoisotopic (exact) mass is 312 g/mol. The lowest BCUT2D eigenvalue weighted by Gasteiger charge is -2.09. The molecular formula is C14H11Cl2FN2O. The molecule has 0 unspecified atom stereocenters. The lowest BCUT2D eigenvalue weighted by atomic mass is 10.1. The summed E-state index contributed by atoms with van der Waals surface area (Å²) < 4.78 is 13.3. The van der Waals surface area contributed by atoms with Crippen LogP contribution in [0.15, 0.2) is 36.4 Å². The number of nitrogens with two attached hydrogens (primary N) is 1. The van der Waals surface area contributed by atoms with Crippen LogP contribution in [0.25, 0.3) is 0 Å². The predicted molar refractivity (Wildman–Crippen MR) is 78.7 cm³/mol. The largest absolute Gasteiger partial charge is 0.381 e. The van der Waals surface area contributed by atoms with Crippen molar-refractivity contribution in [3.05, 3.63) is 63.4 Å². The standard InChI is InChI=1S/C14H11Cl2FN2O/c15-11-4-3-10(6-13(11)17)19-7-9-2-1-8(14(18)20)5-12(9)16/h1-6,19H,7H2,(H2,18,20). The molecule has 0 aliphatic heterocycles. The number of benzene rings is 2. The van der Waals surface area contributed by atoms with Crippen molar-refractivity contribution in [3.63, 3.8) is 0 Å². The van der Waals surface area contributed by atoms with Crippen LogP contribution in [0.4, 0.5) is 10.1 Å². The first-order valence-electron chi connectivity index (χ1n) is 5.74. The van der Waals surface area contributed by atoms with Crippen LogP contribution in [0.3, 0.4) is 0 Å². The van der Waals surface area contributed by atoms with E-state index >= 15 is 0 Å².